The first kappa shape index (κ1) is 14.7. The van der Waals surface area contributed by atoms with E-state index in [1.807, 2.05) is 13.8 Å². The molecule has 1 saturated carbocycles. The number of amides is 1. The Morgan fingerprint density at radius 1 is 1.33 bits per heavy atom. The van der Waals surface area contributed by atoms with Crippen LogP contribution in [0.2, 0.25) is 0 Å². The minimum atomic E-state index is -0.189. The zero-order valence-corrected chi connectivity index (χ0v) is 11.9. The molecule has 4 nitrogen and oxygen atoms in total. The third-order valence-corrected chi connectivity index (χ3v) is 3.53. The van der Waals surface area contributed by atoms with Gasteiger partial charge in [0.1, 0.15) is 6.61 Å². The Labute approximate surface area is 109 Å². The predicted molar refractivity (Wildman–Crippen MR) is 69.8 cm³/mol. The molecule has 1 aliphatic carbocycles. The molecule has 1 N–H and O–H groups in total. The third kappa shape index (κ3) is 3.34. The lowest BCUT2D eigenvalue weighted by Gasteiger charge is -2.04. The quantitative estimate of drug-likeness (QED) is 0.601. The maximum absolute atomic E-state index is 11.9. The van der Waals surface area contributed by atoms with Crippen LogP contribution in [0.4, 0.5) is 0 Å². The molecule has 0 aromatic carbocycles. The van der Waals surface area contributed by atoms with Crippen LogP contribution in [0.15, 0.2) is 11.6 Å². The zero-order valence-electron chi connectivity index (χ0n) is 11.9. The van der Waals surface area contributed by atoms with Crippen LogP contribution in [-0.4, -0.2) is 25.5 Å². The molecule has 18 heavy (non-hydrogen) atoms. The van der Waals surface area contributed by atoms with E-state index in [1.165, 1.54) is 5.57 Å². The zero-order chi connectivity index (χ0) is 13.9. The van der Waals surface area contributed by atoms with Crippen molar-refractivity contribution in [1.82, 2.24) is 5.32 Å². The summed E-state index contributed by atoms with van der Waals surface area (Å²) in [4.78, 5) is 22.9. The maximum Gasteiger partial charge on any atom is 0.310 e. The maximum atomic E-state index is 11.9. The van der Waals surface area contributed by atoms with E-state index in [0.29, 0.717) is 0 Å². The van der Waals surface area contributed by atoms with Crippen LogP contribution in [0.1, 0.15) is 34.1 Å². The van der Waals surface area contributed by atoms with Crippen molar-refractivity contribution in [2.45, 2.75) is 34.1 Å². The number of allylic oxidation sites excluding steroid dienone is 2. The van der Waals surface area contributed by atoms with Gasteiger partial charge in [0.05, 0.1) is 12.3 Å². The smallest absolute Gasteiger partial charge is 0.310 e. The fraction of sp³-hybridized carbons (Fsp3) is 0.714. The van der Waals surface area contributed by atoms with Crippen molar-refractivity contribution < 1.29 is 14.3 Å². The molecule has 2 atom stereocenters. The topological polar surface area (TPSA) is 55.4 Å². The van der Waals surface area contributed by atoms with Gasteiger partial charge in [-0.15, -0.1) is 0 Å². The fourth-order valence-corrected chi connectivity index (χ4v) is 2.26. The van der Waals surface area contributed by atoms with Crippen molar-refractivity contribution in [3.63, 3.8) is 0 Å². The van der Waals surface area contributed by atoms with E-state index in [1.54, 1.807) is 7.05 Å². The van der Waals surface area contributed by atoms with Crippen LogP contribution in [0.25, 0.3) is 0 Å². The van der Waals surface area contributed by atoms with Gasteiger partial charge < -0.3 is 10.1 Å². The van der Waals surface area contributed by atoms with E-state index in [2.05, 4.69) is 25.2 Å². The normalized spacial score (nSPS) is 24.1. The molecule has 0 bridgehead atoms. The Morgan fingerprint density at radius 2 is 1.94 bits per heavy atom. The van der Waals surface area contributed by atoms with Gasteiger partial charge in [-0.2, -0.15) is 0 Å². The van der Waals surface area contributed by atoms with Crippen molar-refractivity contribution in [1.29, 1.82) is 0 Å². The monoisotopic (exact) mass is 253 g/mol. The second-order valence-electron chi connectivity index (χ2n) is 5.66. The number of nitrogens with one attached hydrogen (secondary N) is 1. The second-order valence-corrected chi connectivity index (χ2v) is 5.66. The molecule has 1 aliphatic rings. The van der Waals surface area contributed by atoms with Gasteiger partial charge in [0, 0.05) is 7.05 Å². The Morgan fingerprint density at radius 3 is 2.44 bits per heavy atom. The summed E-state index contributed by atoms with van der Waals surface area (Å²) in [6, 6.07) is 0. The Hall–Kier alpha value is -1.32. The largest absolute Gasteiger partial charge is 0.465 e. The summed E-state index contributed by atoms with van der Waals surface area (Å²) in [6.07, 6.45) is 2.35. The molecule has 102 valence electrons. The molecule has 1 amide bonds. The number of carbonyl (C=O) groups excluding carboxylic acids is 2. The molecule has 0 heterocycles. The van der Waals surface area contributed by atoms with Crippen molar-refractivity contribution in [3.8, 4) is 0 Å². The SMILES string of the molecule is CNC(=O)CCOC(=O)C1C(C=C(C)C)C1(C)C. The summed E-state index contributed by atoms with van der Waals surface area (Å²) < 4.78 is 5.16. The van der Waals surface area contributed by atoms with Crippen molar-refractivity contribution in [2.24, 2.45) is 17.3 Å². The summed E-state index contributed by atoms with van der Waals surface area (Å²) in [7, 11) is 1.57. The first-order chi connectivity index (χ1) is 8.30. The number of esters is 1. The number of rotatable bonds is 5. The molecule has 0 aliphatic heterocycles. The Bertz CT molecular complexity index is 367. The van der Waals surface area contributed by atoms with Crippen LogP contribution in [0, 0.1) is 17.3 Å². The summed E-state index contributed by atoms with van der Waals surface area (Å²) in [5.41, 5.74) is 1.19. The summed E-state index contributed by atoms with van der Waals surface area (Å²) in [5.74, 6) is -0.114. The van der Waals surface area contributed by atoms with Crippen LogP contribution in [0.3, 0.4) is 0 Å². The molecular weight excluding hydrogens is 230 g/mol. The molecule has 0 spiro atoms. The van der Waals surface area contributed by atoms with Gasteiger partial charge in [0.15, 0.2) is 0 Å². The molecular formula is C14H23NO3. The molecule has 0 radical (unpaired) electrons. The first-order valence-electron chi connectivity index (χ1n) is 6.33. The van der Waals surface area contributed by atoms with Crippen molar-refractivity contribution >= 4 is 11.9 Å². The van der Waals surface area contributed by atoms with E-state index in [4.69, 9.17) is 4.74 Å². The van der Waals surface area contributed by atoms with Crippen LogP contribution < -0.4 is 5.32 Å². The molecule has 0 saturated heterocycles. The Balaban J connectivity index is 2.44. The van der Waals surface area contributed by atoms with Gasteiger partial charge in [-0.1, -0.05) is 25.5 Å². The summed E-state index contributed by atoms with van der Waals surface area (Å²) in [5, 5.41) is 2.49. The Kier molecular flexibility index (Phi) is 4.54. The van der Waals surface area contributed by atoms with Crippen molar-refractivity contribution in [2.75, 3.05) is 13.7 Å². The van der Waals surface area contributed by atoms with E-state index in [0.717, 1.165) is 0 Å². The number of ether oxygens (including phenoxy) is 1. The molecule has 4 heteroatoms. The highest BCUT2D eigenvalue weighted by molar-refractivity contribution is 5.79. The fourth-order valence-electron chi connectivity index (χ4n) is 2.26. The lowest BCUT2D eigenvalue weighted by Crippen LogP contribution is -2.21. The number of hydrogen-bond donors (Lipinski definition) is 1. The van der Waals surface area contributed by atoms with Gasteiger partial charge in [0.2, 0.25) is 5.91 Å². The standard InChI is InChI=1S/C14H23NO3/c1-9(2)8-10-12(14(10,3)4)13(17)18-7-6-11(16)15-5/h8,10,12H,6-7H2,1-5H3,(H,15,16). The highest BCUT2D eigenvalue weighted by Gasteiger charge is 2.61. The van der Waals surface area contributed by atoms with Gasteiger partial charge in [-0.3, -0.25) is 9.59 Å². The second kappa shape index (κ2) is 5.55. The molecule has 0 aromatic heterocycles. The van der Waals surface area contributed by atoms with E-state index in [9.17, 15) is 9.59 Å². The number of carbonyl (C=O) groups is 2. The molecule has 2 unspecified atom stereocenters. The van der Waals surface area contributed by atoms with Crippen LogP contribution in [-0.2, 0) is 14.3 Å². The van der Waals surface area contributed by atoms with Gasteiger partial charge in [0.25, 0.3) is 0 Å². The average molecular weight is 253 g/mol. The minimum Gasteiger partial charge on any atom is -0.465 e. The molecule has 1 fully saturated rings. The third-order valence-electron chi connectivity index (χ3n) is 3.53. The molecule has 1 rings (SSSR count). The van der Waals surface area contributed by atoms with Crippen molar-refractivity contribution in [3.05, 3.63) is 11.6 Å². The lowest BCUT2D eigenvalue weighted by molar-refractivity contribution is -0.146. The van der Waals surface area contributed by atoms with Gasteiger partial charge in [-0.05, 0) is 25.2 Å². The van der Waals surface area contributed by atoms with Crippen LogP contribution >= 0.6 is 0 Å². The first-order valence-corrected chi connectivity index (χ1v) is 6.33. The minimum absolute atomic E-state index is 0.0264. The summed E-state index contributed by atoms with van der Waals surface area (Å²) in [6.45, 7) is 8.36. The molecule has 0 aromatic rings. The van der Waals surface area contributed by atoms with Gasteiger partial charge in [-0.25, -0.2) is 0 Å². The van der Waals surface area contributed by atoms with E-state index >= 15 is 0 Å². The van der Waals surface area contributed by atoms with Gasteiger partial charge >= 0.3 is 5.97 Å². The van der Waals surface area contributed by atoms with E-state index < -0.39 is 0 Å². The summed E-state index contributed by atoms with van der Waals surface area (Å²) >= 11 is 0. The lowest BCUT2D eigenvalue weighted by atomic mass is 10.1. The average Bonchev–Trinajstić information content (AvgIpc) is 2.79. The van der Waals surface area contributed by atoms with Crippen LogP contribution in [0.5, 0.6) is 0 Å². The number of hydrogen-bond acceptors (Lipinski definition) is 3. The predicted octanol–water partition coefficient (Wildman–Crippen LogP) is 1.90. The highest BCUT2D eigenvalue weighted by atomic mass is 16.5. The van der Waals surface area contributed by atoms with E-state index in [-0.39, 0.29) is 42.2 Å². The highest BCUT2D eigenvalue weighted by Crippen LogP contribution is 2.59.